The maximum atomic E-state index is 11.6. The second-order valence-electron chi connectivity index (χ2n) is 7.32. The van der Waals surface area contributed by atoms with Crippen molar-refractivity contribution in [2.24, 2.45) is 10.8 Å². The normalized spacial score (nSPS) is 12.8. The average Bonchev–Trinajstić information content (AvgIpc) is 2.09. The van der Waals surface area contributed by atoms with E-state index in [1.165, 1.54) is 0 Å². The largest absolute Gasteiger partial charge is 0.300 e. The van der Waals surface area contributed by atoms with Crippen molar-refractivity contribution in [3.05, 3.63) is 0 Å². The highest BCUT2D eigenvalue weighted by Gasteiger charge is 2.12. The molecule has 0 radical (unpaired) electrons. The Morgan fingerprint density at radius 1 is 0.941 bits per heavy atom. The smallest absolute Gasteiger partial charge is 0.133 e. The Labute approximate surface area is 112 Å². The molecule has 0 aromatic heterocycles. The quantitative estimate of drug-likeness (QED) is 0.602. The van der Waals surface area contributed by atoms with Crippen molar-refractivity contribution in [1.82, 2.24) is 0 Å². The van der Waals surface area contributed by atoms with Crippen molar-refractivity contribution in [3.63, 3.8) is 0 Å². The lowest BCUT2D eigenvalue weighted by Crippen LogP contribution is -2.10. The summed E-state index contributed by atoms with van der Waals surface area (Å²) in [5.41, 5.74) is 0.737. The van der Waals surface area contributed by atoms with Crippen LogP contribution in [0, 0.1) is 10.8 Å². The minimum absolute atomic E-state index is 0.362. The number of rotatable bonds is 7. The molecule has 0 atom stereocenters. The minimum Gasteiger partial charge on any atom is -0.300 e. The third-order valence-corrected chi connectivity index (χ3v) is 4.01. The summed E-state index contributed by atoms with van der Waals surface area (Å²) in [6, 6.07) is 0. The van der Waals surface area contributed by atoms with Gasteiger partial charge in [0.15, 0.2) is 0 Å². The highest BCUT2D eigenvalue weighted by molar-refractivity contribution is 7.99. The molecular weight excluding hydrogens is 228 g/mol. The Morgan fingerprint density at radius 2 is 1.53 bits per heavy atom. The minimum atomic E-state index is 0.362. The lowest BCUT2D eigenvalue weighted by atomic mass is 9.89. The van der Waals surface area contributed by atoms with E-state index in [1.54, 1.807) is 0 Å². The van der Waals surface area contributed by atoms with Gasteiger partial charge in [0, 0.05) is 18.6 Å². The molecule has 0 heterocycles. The van der Waals surface area contributed by atoms with Crippen LogP contribution in [-0.4, -0.2) is 17.3 Å². The van der Waals surface area contributed by atoms with Gasteiger partial charge in [-0.2, -0.15) is 11.8 Å². The fourth-order valence-corrected chi connectivity index (χ4v) is 2.63. The van der Waals surface area contributed by atoms with Crippen LogP contribution in [0.1, 0.15) is 67.2 Å². The van der Waals surface area contributed by atoms with Crippen molar-refractivity contribution in [1.29, 1.82) is 0 Å². The standard InChI is InChI=1S/C15H30OS/c1-14(2,3)10-7-8-13(16)9-11-17-12-15(4,5)6/h7-12H2,1-6H3. The summed E-state index contributed by atoms with van der Waals surface area (Å²) >= 11 is 1.91. The summed E-state index contributed by atoms with van der Waals surface area (Å²) in [5, 5.41) is 0. The van der Waals surface area contributed by atoms with Gasteiger partial charge < -0.3 is 0 Å². The molecule has 0 aromatic rings. The maximum Gasteiger partial charge on any atom is 0.133 e. The number of hydrogen-bond donors (Lipinski definition) is 0. The van der Waals surface area contributed by atoms with E-state index in [-0.39, 0.29) is 0 Å². The van der Waals surface area contributed by atoms with Gasteiger partial charge in [-0.25, -0.2) is 0 Å². The van der Waals surface area contributed by atoms with E-state index in [1.807, 2.05) is 11.8 Å². The summed E-state index contributed by atoms with van der Waals surface area (Å²) in [7, 11) is 0. The number of Topliss-reactive ketones (excluding diaryl/α,β-unsaturated/α-hetero) is 1. The van der Waals surface area contributed by atoms with Crippen molar-refractivity contribution >= 4 is 17.5 Å². The van der Waals surface area contributed by atoms with E-state index in [9.17, 15) is 4.79 Å². The predicted octanol–water partition coefficient (Wildman–Crippen LogP) is 4.94. The van der Waals surface area contributed by atoms with Crippen LogP contribution < -0.4 is 0 Å². The van der Waals surface area contributed by atoms with Crippen LogP contribution in [0.15, 0.2) is 0 Å². The monoisotopic (exact) mass is 258 g/mol. The van der Waals surface area contributed by atoms with E-state index in [0.717, 1.165) is 37.2 Å². The maximum absolute atomic E-state index is 11.6. The third-order valence-electron chi connectivity index (χ3n) is 2.44. The van der Waals surface area contributed by atoms with Gasteiger partial charge in [-0.3, -0.25) is 4.79 Å². The molecule has 0 aromatic carbocycles. The second kappa shape index (κ2) is 7.45. The first kappa shape index (κ1) is 17.0. The molecule has 0 aliphatic carbocycles. The molecule has 1 nitrogen and oxygen atoms in total. The summed E-state index contributed by atoms with van der Waals surface area (Å²) in [4.78, 5) is 11.6. The Morgan fingerprint density at radius 3 is 2.00 bits per heavy atom. The molecule has 0 bridgehead atoms. The first-order valence-electron chi connectivity index (χ1n) is 6.70. The molecule has 102 valence electrons. The van der Waals surface area contributed by atoms with Gasteiger partial charge in [0.05, 0.1) is 0 Å². The fraction of sp³-hybridized carbons (Fsp3) is 0.933. The number of ketones is 1. The molecule has 0 spiro atoms. The summed E-state index contributed by atoms with van der Waals surface area (Å²) in [5.74, 6) is 2.57. The fourth-order valence-electron chi connectivity index (χ4n) is 1.51. The molecule has 17 heavy (non-hydrogen) atoms. The van der Waals surface area contributed by atoms with E-state index < -0.39 is 0 Å². The van der Waals surface area contributed by atoms with Crippen LogP contribution >= 0.6 is 11.8 Å². The molecule has 0 aliphatic rings. The van der Waals surface area contributed by atoms with E-state index in [4.69, 9.17) is 0 Å². The van der Waals surface area contributed by atoms with E-state index in [2.05, 4.69) is 41.5 Å². The van der Waals surface area contributed by atoms with Crippen LogP contribution in [0.25, 0.3) is 0 Å². The third kappa shape index (κ3) is 14.0. The number of carbonyl (C=O) groups excluding carboxylic acids is 1. The van der Waals surface area contributed by atoms with Gasteiger partial charge in [0.25, 0.3) is 0 Å². The Bertz CT molecular complexity index is 220. The molecule has 0 N–H and O–H groups in total. The van der Waals surface area contributed by atoms with Gasteiger partial charge in [-0.05, 0) is 29.4 Å². The molecule has 0 aliphatic heterocycles. The van der Waals surface area contributed by atoms with Gasteiger partial charge in [0.1, 0.15) is 5.78 Å². The molecule has 2 heteroatoms. The zero-order chi connectivity index (χ0) is 13.5. The molecule has 0 saturated carbocycles. The van der Waals surface area contributed by atoms with Crippen LogP contribution in [0.4, 0.5) is 0 Å². The van der Waals surface area contributed by atoms with Gasteiger partial charge in [-0.15, -0.1) is 0 Å². The van der Waals surface area contributed by atoms with Crippen LogP contribution in [0.5, 0.6) is 0 Å². The van der Waals surface area contributed by atoms with Crippen molar-refractivity contribution < 1.29 is 4.79 Å². The predicted molar refractivity (Wildman–Crippen MR) is 79.7 cm³/mol. The summed E-state index contributed by atoms with van der Waals surface area (Å²) in [6.45, 7) is 13.4. The summed E-state index contributed by atoms with van der Waals surface area (Å²) < 4.78 is 0. The van der Waals surface area contributed by atoms with Crippen molar-refractivity contribution in [2.45, 2.75) is 67.2 Å². The zero-order valence-electron chi connectivity index (χ0n) is 12.6. The molecule has 0 amide bonds. The molecular formula is C15H30OS. The number of hydrogen-bond acceptors (Lipinski definition) is 2. The summed E-state index contributed by atoms with van der Waals surface area (Å²) in [6.07, 6.45) is 3.72. The van der Waals surface area contributed by atoms with Crippen LogP contribution in [-0.2, 0) is 4.79 Å². The lowest BCUT2D eigenvalue weighted by Gasteiger charge is -2.18. The Hall–Kier alpha value is 0.0200. The first-order chi connectivity index (χ1) is 7.60. The van der Waals surface area contributed by atoms with Crippen LogP contribution in [0.3, 0.4) is 0 Å². The molecule has 0 unspecified atom stereocenters. The molecule has 0 saturated heterocycles. The number of thioether (sulfide) groups is 1. The number of carbonyl (C=O) groups is 1. The highest BCUT2D eigenvalue weighted by Crippen LogP contribution is 2.23. The SMILES string of the molecule is CC(C)(C)CCCC(=O)CCSCC(C)(C)C. The first-order valence-corrected chi connectivity index (χ1v) is 7.85. The van der Waals surface area contributed by atoms with E-state index >= 15 is 0 Å². The van der Waals surface area contributed by atoms with Gasteiger partial charge in [0.2, 0.25) is 0 Å². The van der Waals surface area contributed by atoms with Crippen molar-refractivity contribution in [3.8, 4) is 0 Å². The van der Waals surface area contributed by atoms with Gasteiger partial charge >= 0.3 is 0 Å². The van der Waals surface area contributed by atoms with Crippen molar-refractivity contribution in [2.75, 3.05) is 11.5 Å². The second-order valence-corrected chi connectivity index (χ2v) is 8.42. The Balaban J connectivity index is 3.48. The molecule has 0 fully saturated rings. The Kier molecular flexibility index (Phi) is 7.46. The topological polar surface area (TPSA) is 17.1 Å². The van der Waals surface area contributed by atoms with Crippen LogP contribution in [0.2, 0.25) is 0 Å². The molecule has 0 rings (SSSR count). The average molecular weight is 258 g/mol. The lowest BCUT2D eigenvalue weighted by molar-refractivity contribution is -0.118. The van der Waals surface area contributed by atoms with Gasteiger partial charge in [-0.1, -0.05) is 41.5 Å². The highest BCUT2D eigenvalue weighted by atomic mass is 32.2. The van der Waals surface area contributed by atoms with E-state index in [0.29, 0.717) is 16.6 Å². The zero-order valence-corrected chi connectivity index (χ0v) is 13.4.